The summed E-state index contributed by atoms with van der Waals surface area (Å²) in [4.78, 5) is 14.2. The number of carbonyl (C=O) groups excluding carboxylic acids is 1. The summed E-state index contributed by atoms with van der Waals surface area (Å²) in [5, 5.41) is 10.4. The predicted octanol–water partition coefficient (Wildman–Crippen LogP) is 3.11. The summed E-state index contributed by atoms with van der Waals surface area (Å²) in [6, 6.07) is 9.54. The zero-order valence-electron chi connectivity index (χ0n) is 10.3. The van der Waals surface area contributed by atoms with E-state index in [1.807, 2.05) is 30.3 Å². The molecular weight excluding hydrogens is 326 g/mol. The molecule has 5 heteroatoms. The van der Waals surface area contributed by atoms with Gasteiger partial charge in [0, 0.05) is 17.6 Å². The number of aliphatic hydroxyl groups excluding tert-OH is 1. The Morgan fingerprint density at radius 1 is 1.37 bits per heavy atom. The van der Waals surface area contributed by atoms with Crippen LogP contribution in [0.25, 0.3) is 0 Å². The fourth-order valence-corrected chi connectivity index (χ4v) is 3.74. The molecule has 1 aromatic carbocycles. The summed E-state index contributed by atoms with van der Waals surface area (Å²) < 4.78 is 0.998. The van der Waals surface area contributed by atoms with Gasteiger partial charge in [-0.2, -0.15) is 0 Å². The number of fused-ring (bicyclic) bond motifs is 1. The van der Waals surface area contributed by atoms with E-state index in [0.717, 1.165) is 25.5 Å². The van der Waals surface area contributed by atoms with Crippen molar-refractivity contribution in [1.29, 1.82) is 0 Å². The second-order valence-corrected chi connectivity index (χ2v) is 7.06. The minimum Gasteiger partial charge on any atom is -0.383 e. The number of hydrogen-bond acceptors (Lipinski definition) is 3. The average Bonchev–Trinajstić information content (AvgIpc) is 2.94. The number of aliphatic hydroxyl groups is 1. The summed E-state index contributed by atoms with van der Waals surface area (Å²) in [6.45, 7) is 0. The molecule has 98 valence electrons. The van der Waals surface area contributed by atoms with Gasteiger partial charge in [-0.25, -0.2) is 0 Å². The molecule has 1 aromatic heterocycles. The number of hydrogen-bond donors (Lipinski definition) is 1. The van der Waals surface area contributed by atoms with Crippen LogP contribution < -0.4 is 4.90 Å². The van der Waals surface area contributed by atoms with Gasteiger partial charge in [-0.1, -0.05) is 12.1 Å². The van der Waals surface area contributed by atoms with Crippen molar-refractivity contribution in [3.05, 3.63) is 50.1 Å². The number of rotatable bonds is 2. The van der Waals surface area contributed by atoms with Crippen molar-refractivity contribution in [2.45, 2.75) is 12.5 Å². The highest BCUT2D eigenvalue weighted by atomic mass is 79.9. The fraction of sp³-hybridized carbons (Fsp3) is 0.214. The molecule has 1 aliphatic rings. The lowest BCUT2D eigenvalue weighted by atomic mass is 10.0. The Balaban J connectivity index is 1.95. The molecule has 0 spiro atoms. The molecule has 0 saturated heterocycles. The van der Waals surface area contributed by atoms with Crippen molar-refractivity contribution >= 4 is 38.9 Å². The maximum Gasteiger partial charge on any atom is 0.231 e. The van der Waals surface area contributed by atoms with E-state index >= 15 is 0 Å². The van der Waals surface area contributed by atoms with Crippen molar-refractivity contribution in [3.8, 4) is 0 Å². The highest BCUT2D eigenvalue weighted by Gasteiger charge is 2.25. The van der Waals surface area contributed by atoms with Gasteiger partial charge in [-0.3, -0.25) is 4.79 Å². The number of benzene rings is 1. The third-order valence-corrected chi connectivity index (χ3v) is 5.04. The normalized spacial score (nSPS) is 15.7. The maximum atomic E-state index is 11.6. The minimum absolute atomic E-state index is 0.0977. The molecule has 3 nitrogen and oxygen atoms in total. The average molecular weight is 338 g/mol. The third-order valence-electron chi connectivity index (χ3n) is 3.36. The number of anilines is 1. The van der Waals surface area contributed by atoms with Gasteiger partial charge < -0.3 is 10.0 Å². The Morgan fingerprint density at radius 2 is 2.16 bits per heavy atom. The molecule has 0 bridgehead atoms. The van der Waals surface area contributed by atoms with Gasteiger partial charge in [-0.15, -0.1) is 11.3 Å². The zero-order valence-corrected chi connectivity index (χ0v) is 12.7. The van der Waals surface area contributed by atoms with Crippen molar-refractivity contribution in [3.63, 3.8) is 0 Å². The first-order valence-electron chi connectivity index (χ1n) is 5.89. The van der Waals surface area contributed by atoms with Crippen LogP contribution in [0.5, 0.6) is 0 Å². The number of likely N-dealkylation sites (N-methyl/N-ethyl adjacent to an activating group) is 1. The van der Waals surface area contributed by atoms with Crippen molar-refractivity contribution in [1.82, 2.24) is 0 Å². The lowest BCUT2D eigenvalue weighted by Gasteiger charge is -2.13. The van der Waals surface area contributed by atoms with Crippen LogP contribution in [0.2, 0.25) is 0 Å². The first kappa shape index (κ1) is 12.8. The SMILES string of the molecule is CN1C(=O)Cc2cc(C(O)c3ccc(Br)s3)ccc21. The maximum absolute atomic E-state index is 11.6. The van der Waals surface area contributed by atoms with Gasteiger partial charge in [-0.05, 0) is 45.3 Å². The Morgan fingerprint density at radius 3 is 2.84 bits per heavy atom. The molecular formula is C14H12BrNO2S. The molecule has 0 fully saturated rings. The molecule has 1 aliphatic heterocycles. The topological polar surface area (TPSA) is 40.5 Å². The Hall–Kier alpha value is -1.17. The molecule has 1 unspecified atom stereocenters. The quantitative estimate of drug-likeness (QED) is 0.914. The Labute approximate surface area is 123 Å². The molecule has 2 aromatic rings. The van der Waals surface area contributed by atoms with Crippen LogP contribution in [0.1, 0.15) is 22.1 Å². The van der Waals surface area contributed by atoms with Gasteiger partial charge >= 0.3 is 0 Å². The minimum atomic E-state index is -0.636. The molecule has 1 amide bonds. The smallest absolute Gasteiger partial charge is 0.231 e. The lowest BCUT2D eigenvalue weighted by molar-refractivity contribution is -0.117. The number of amides is 1. The number of halogens is 1. The van der Waals surface area contributed by atoms with Gasteiger partial charge in [0.25, 0.3) is 0 Å². The summed E-state index contributed by atoms with van der Waals surface area (Å²) in [5.74, 6) is 0.0977. The van der Waals surface area contributed by atoms with E-state index < -0.39 is 6.10 Å². The monoisotopic (exact) mass is 337 g/mol. The van der Waals surface area contributed by atoms with E-state index in [2.05, 4.69) is 15.9 Å². The zero-order chi connectivity index (χ0) is 13.6. The van der Waals surface area contributed by atoms with E-state index in [1.54, 1.807) is 11.9 Å². The first-order chi connectivity index (χ1) is 9.06. The Kier molecular flexibility index (Phi) is 3.20. The van der Waals surface area contributed by atoms with E-state index in [9.17, 15) is 9.90 Å². The van der Waals surface area contributed by atoms with E-state index in [4.69, 9.17) is 0 Å². The van der Waals surface area contributed by atoms with Gasteiger partial charge in [0.05, 0.1) is 10.2 Å². The number of carbonyl (C=O) groups is 1. The van der Waals surface area contributed by atoms with E-state index in [1.165, 1.54) is 11.3 Å². The highest BCUT2D eigenvalue weighted by molar-refractivity contribution is 9.11. The second kappa shape index (κ2) is 4.74. The molecule has 0 saturated carbocycles. The molecule has 1 atom stereocenters. The van der Waals surface area contributed by atoms with Crippen LogP contribution in [-0.2, 0) is 11.2 Å². The molecule has 0 aliphatic carbocycles. The van der Waals surface area contributed by atoms with Crippen LogP contribution in [0.4, 0.5) is 5.69 Å². The summed E-state index contributed by atoms with van der Waals surface area (Å²) in [7, 11) is 1.78. The van der Waals surface area contributed by atoms with Crippen LogP contribution in [0, 0.1) is 0 Å². The fourth-order valence-electron chi connectivity index (χ4n) is 2.30. The first-order valence-corrected chi connectivity index (χ1v) is 7.50. The third kappa shape index (κ3) is 2.22. The van der Waals surface area contributed by atoms with Crippen LogP contribution in [0.3, 0.4) is 0 Å². The summed E-state index contributed by atoms with van der Waals surface area (Å²) >= 11 is 4.91. The number of nitrogens with zero attached hydrogens (tertiary/aromatic N) is 1. The molecule has 0 radical (unpaired) electrons. The van der Waals surface area contributed by atoms with E-state index in [0.29, 0.717) is 6.42 Å². The second-order valence-electron chi connectivity index (χ2n) is 4.56. The van der Waals surface area contributed by atoms with Gasteiger partial charge in [0.2, 0.25) is 5.91 Å². The van der Waals surface area contributed by atoms with Crippen LogP contribution in [-0.4, -0.2) is 18.1 Å². The van der Waals surface area contributed by atoms with Crippen LogP contribution >= 0.6 is 27.3 Å². The van der Waals surface area contributed by atoms with Gasteiger partial charge in [0.1, 0.15) is 6.10 Å². The largest absolute Gasteiger partial charge is 0.383 e. The summed E-state index contributed by atoms with van der Waals surface area (Å²) in [5.41, 5.74) is 2.75. The van der Waals surface area contributed by atoms with Crippen molar-refractivity contribution < 1.29 is 9.90 Å². The molecule has 3 rings (SSSR count). The predicted molar refractivity (Wildman–Crippen MR) is 79.6 cm³/mol. The van der Waals surface area contributed by atoms with Crippen LogP contribution in [0.15, 0.2) is 34.1 Å². The molecule has 2 heterocycles. The lowest BCUT2D eigenvalue weighted by Crippen LogP contribution is -2.20. The van der Waals surface area contributed by atoms with E-state index in [-0.39, 0.29) is 5.91 Å². The standard InChI is InChI=1S/C14H12BrNO2S/c1-16-10-3-2-8(6-9(10)7-13(16)17)14(18)11-4-5-12(15)19-11/h2-6,14,18H,7H2,1H3. The molecule has 1 N–H and O–H groups in total. The van der Waals surface area contributed by atoms with Crippen molar-refractivity contribution in [2.24, 2.45) is 0 Å². The Bertz CT molecular complexity index is 653. The highest BCUT2D eigenvalue weighted by Crippen LogP contribution is 2.35. The van der Waals surface area contributed by atoms with Gasteiger partial charge in [0.15, 0.2) is 0 Å². The summed E-state index contributed by atoms with van der Waals surface area (Å²) in [6.07, 6.45) is -0.219. The van der Waals surface area contributed by atoms with Crippen molar-refractivity contribution in [2.75, 3.05) is 11.9 Å². The number of thiophene rings is 1. The molecule has 19 heavy (non-hydrogen) atoms.